The van der Waals surface area contributed by atoms with Crippen molar-refractivity contribution in [2.75, 3.05) is 6.54 Å². The molecule has 1 atom stereocenters. The minimum absolute atomic E-state index is 0.0200. The van der Waals surface area contributed by atoms with Gasteiger partial charge < -0.3 is 21.1 Å². The Morgan fingerprint density at radius 2 is 1.41 bits per heavy atom. The van der Waals surface area contributed by atoms with E-state index in [-0.39, 0.29) is 18.7 Å². The van der Waals surface area contributed by atoms with Gasteiger partial charge in [-0.25, -0.2) is 4.79 Å². The summed E-state index contributed by atoms with van der Waals surface area (Å²) in [6.45, 7) is 8.02. The molecule has 0 aliphatic heterocycles. The summed E-state index contributed by atoms with van der Waals surface area (Å²) in [5, 5.41) is 5.38. The highest BCUT2D eigenvalue weighted by Crippen LogP contribution is 2.10. The molecule has 4 N–H and O–H groups in total. The molecule has 0 heterocycles. The number of alkyl carbamates (subject to hydrolysis) is 1. The normalized spacial score (nSPS) is 12.3. The van der Waals surface area contributed by atoms with E-state index < -0.39 is 23.6 Å². The summed E-state index contributed by atoms with van der Waals surface area (Å²) >= 11 is 0. The molecule has 0 bridgehead atoms. The number of carbonyl (C=O) groups is 3. The van der Waals surface area contributed by atoms with Crippen LogP contribution in [0.4, 0.5) is 4.79 Å². The van der Waals surface area contributed by atoms with E-state index in [0.29, 0.717) is 6.54 Å². The van der Waals surface area contributed by atoms with Gasteiger partial charge in [0.2, 0.25) is 11.8 Å². The molecule has 3 amide bonds. The van der Waals surface area contributed by atoms with E-state index in [1.165, 1.54) is 51.4 Å². The molecule has 0 aromatic heterocycles. The molecule has 0 saturated heterocycles. The summed E-state index contributed by atoms with van der Waals surface area (Å²) in [6.07, 6.45) is 11.8. The fourth-order valence-electron chi connectivity index (χ4n) is 2.95. The maximum Gasteiger partial charge on any atom is 0.408 e. The van der Waals surface area contributed by atoms with E-state index in [4.69, 9.17) is 10.5 Å². The first-order valence-electron chi connectivity index (χ1n) is 11.2. The summed E-state index contributed by atoms with van der Waals surface area (Å²) in [6, 6.07) is -0.833. The van der Waals surface area contributed by atoms with Gasteiger partial charge in [-0.3, -0.25) is 9.59 Å². The second-order valence-electron chi connectivity index (χ2n) is 8.68. The highest BCUT2D eigenvalue weighted by molar-refractivity contribution is 5.86. The average molecular weight is 414 g/mol. The lowest BCUT2D eigenvalue weighted by Crippen LogP contribution is -2.48. The van der Waals surface area contributed by atoms with Gasteiger partial charge in [0, 0.05) is 13.0 Å². The van der Waals surface area contributed by atoms with Crippen LogP contribution in [-0.2, 0) is 14.3 Å². The standard InChI is InChI=1S/C22H43N3O4/c1-5-6-7-8-9-10-11-12-13-14-17-24-20(27)18(15-16-19(23)26)25-21(28)29-22(2,3)4/h18H,5-17H2,1-4H3,(H2,23,26)(H,24,27)(H,25,28)/t18-/m0/s1. The minimum Gasteiger partial charge on any atom is -0.444 e. The number of ether oxygens (including phenoxy) is 1. The third-order valence-corrected chi connectivity index (χ3v) is 4.52. The number of unbranched alkanes of at least 4 members (excludes halogenated alkanes) is 9. The molecular formula is C22H43N3O4. The smallest absolute Gasteiger partial charge is 0.408 e. The highest BCUT2D eigenvalue weighted by atomic mass is 16.6. The van der Waals surface area contributed by atoms with Crippen LogP contribution < -0.4 is 16.4 Å². The second kappa shape index (κ2) is 16.1. The lowest BCUT2D eigenvalue weighted by molar-refractivity contribution is -0.123. The second-order valence-corrected chi connectivity index (χ2v) is 8.68. The molecule has 0 saturated carbocycles. The van der Waals surface area contributed by atoms with Crippen LogP contribution in [0.2, 0.25) is 0 Å². The van der Waals surface area contributed by atoms with E-state index in [2.05, 4.69) is 17.6 Å². The van der Waals surface area contributed by atoms with E-state index in [9.17, 15) is 14.4 Å². The largest absolute Gasteiger partial charge is 0.444 e. The monoisotopic (exact) mass is 413 g/mol. The van der Waals surface area contributed by atoms with Crippen molar-refractivity contribution < 1.29 is 19.1 Å². The fraction of sp³-hybridized carbons (Fsp3) is 0.864. The summed E-state index contributed by atoms with van der Waals surface area (Å²) in [4.78, 5) is 35.4. The first-order chi connectivity index (χ1) is 13.7. The zero-order chi connectivity index (χ0) is 22.1. The van der Waals surface area contributed by atoms with Crippen LogP contribution in [0.15, 0.2) is 0 Å². The SMILES string of the molecule is CCCCCCCCCCCCNC(=O)[C@H](CCC(N)=O)NC(=O)OC(C)(C)C. The van der Waals surface area contributed by atoms with Gasteiger partial charge in [-0.1, -0.05) is 64.7 Å². The summed E-state index contributed by atoms with van der Waals surface area (Å²) < 4.78 is 5.19. The number of primary amides is 1. The number of amides is 3. The van der Waals surface area contributed by atoms with Crippen LogP contribution >= 0.6 is 0 Å². The molecule has 170 valence electrons. The molecule has 7 nitrogen and oxygen atoms in total. The van der Waals surface area contributed by atoms with Gasteiger partial charge in [0.15, 0.2) is 0 Å². The minimum atomic E-state index is -0.833. The van der Waals surface area contributed by atoms with Crippen molar-refractivity contribution in [3.63, 3.8) is 0 Å². The molecule has 7 heteroatoms. The first-order valence-corrected chi connectivity index (χ1v) is 11.2. The Balaban J connectivity index is 4.07. The van der Waals surface area contributed by atoms with Crippen molar-refractivity contribution in [3.05, 3.63) is 0 Å². The van der Waals surface area contributed by atoms with Gasteiger partial charge in [-0.2, -0.15) is 0 Å². The van der Waals surface area contributed by atoms with Crippen LogP contribution in [0.25, 0.3) is 0 Å². The van der Waals surface area contributed by atoms with Crippen molar-refractivity contribution in [1.29, 1.82) is 0 Å². The molecule has 0 fully saturated rings. The summed E-state index contributed by atoms with van der Waals surface area (Å²) in [7, 11) is 0. The van der Waals surface area contributed by atoms with Crippen molar-refractivity contribution in [3.8, 4) is 0 Å². The molecule has 0 aromatic carbocycles. The quantitative estimate of drug-likeness (QED) is 0.330. The third-order valence-electron chi connectivity index (χ3n) is 4.52. The molecule has 0 rings (SSSR count). The van der Waals surface area contributed by atoms with Crippen LogP contribution in [0.1, 0.15) is 105 Å². The van der Waals surface area contributed by atoms with Crippen molar-refractivity contribution >= 4 is 17.9 Å². The molecule has 0 aliphatic rings. The number of hydrogen-bond donors (Lipinski definition) is 3. The predicted octanol–water partition coefficient (Wildman–Crippen LogP) is 4.18. The lowest BCUT2D eigenvalue weighted by atomic mass is 10.1. The number of hydrogen-bond acceptors (Lipinski definition) is 4. The Morgan fingerprint density at radius 1 is 0.897 bits per heavy atom. The molecule has 0 radical (unpaired) electrons. The third kappa shape index (κ3) is 18.0. The Hall–Kier alpha value is -1.79. The van der Waals surface area contributed by atoms with Crippen molar-refractivity contribution in [2.45, 2.75) is 116 Å². The van der Waals surface area contributed by atoms with E-state index in [1.807, 2.05) is 0 Å². The van der Waals surface area contributed by atoms with Crippen LogP contribution in [-0.4, -0.2) is 36.1 Å². The average Bonchev–Trinajstić information content (AvgIpc) is 2.61. The van der Waals surface area contributed by atoms with Crippen LogP contribution in [0.3, 0.4) is 0 Å². The number of nitrogens with two attached hydrogens (primary N) is 1. The zero-order valence-electron chi connectivity index (χ0n) is 19.0. The summed E-state index contributed by atoms with van der Waals surface area (Å²) in [5.74, 6) is -0.823. The van der Waals surface area contributed by atoms with Gasteiger partial charge in [-0.15, -0.1) is 0 Å². The topological polar surface area (TPSA) is 111 Å². The van der Waals surface area contributed by atoms with E-state index in [0.717, 1.165) is 12.8 Å². The van der Waals surface area contributed by atoms with Gasteiger partial charge in [0.05, 0.1) is 0 Å². The van der Waals surface area contributed by atoms with Crippen LogP contribution in [0.5, 0.6) is 0 Å². The highest BCUT2D eigenvalue weighted by Gasteiger charge is 2.24. The molecular weight excluding hydrogens is 370 g/mol. The number of rotatable bonds is 16. The Morgan fingerprint density at radius 3 is 1.90 bits per heavy atom. The molecule has 0 aromatic rings. The summed E-state index contributed by atoms with van der Waals surface area (Å²) in [5.41, 5.74) is 4.51. The zero-order valence-corrected chi connectivity index (χ0v) is 19.0. The van der Waals surface area contributed by atoms with Gasteiger partial charge in [0.1, 0.15) is 11.6 Å². The number of nitrogens with one attached hydrogen (secondary N) is 2. The Labute approximate surface area is 176 Å². The maximum atomic E-state index is 12.4. The van der Waals surface area contributed by atoms with Crippen molar-refractivity contribution in [2.24, 2.45) is 5.73 Å². The van der Waals surface area contributed by atoms with Gasteiger partial charge in [0.25, 0.3) is 0 Å². The van der Waals surface area contributed by atoms with E-state index >= 15 is 0 Å². The fourth-order valence-corrected chi connectivity index (χ4v) is 2.95. The maximum absolute atomic E-state index is 12.4. The molecule has 29 heavy (non-hydrogen) atoms. The Bertz CT molecular complexity index is 475. The van der Waals surface area contributed by atoms with E-state index in [1.54, 1.807) is 20.8 Å². The lowest BCUT2D eigenvalue weighted by Gasteiger charge is -2.23. The molecule has 0 unspecified atom stereocenters. The van der Waals surface area contributed by atoms with Gasteiger partial charge >= 0.3 is 6.09 Å². The predicted molar refractivity (Wildman–Crippen MR) is 116 cm³/mol. The first kappa shape index (κ1) is 27.2. The number of carbonyl (C=O) groups excluding carboxylic acids is 3. The molecule has 0 spiro atoms. The van der Waals surface area contributed by atoms with Crippen molar-refractivity contribution in [1.82, 2.24) is 10.6 Å². The van der Waals surface area contributed by atoms with Crippen LogP contribution in [0, 0.1) is 0 Å². The van der Waals surface area contributed by atoms with Gasteiger partial charge in [-0.05, 0) is 33.6 Å². The molecule has 0 aliphatic carbocycles. The Kier molecular flexibility index (Phi) is 15.1.